The molecule has 1 saturated heterocycles. The van der Waals surface area contributed by atoms with Crippen LogP contribution in [0.5, 0.6) is 0 Å². The fraction of sp³-hybridized carbons (Fsp3) is 0.500. The highest BCUT2D eigenvalue weighted by Gasteiger charge is 2.49. The van der Waals surface area contributed by atoms with E-state index in [1.165, 1.54) is 12.1 Å². The molecule has 1 saturated carbocycles. The van der Waals surface area contributed by atoms with E-state index in [-0.39, 0.29) is 16.9 Å². The molecule has 2 aromatic carbocycles. The van der Waals surface area contributed by atoms with E-state index in [0.717, 1.165) is 55.2 Å². The van der Waals surface area contributed by atoms with E-state index in [0.29, 0.717) is 5.56 Å². The van der Waals surface area contributed by atoms with Crippen LogP contribution < -0.4 is 0 Å². The zero-order valence-corrected chi connectivity index (χ0v) is 21.0. The third kappa shape index (κ3) is 6.44. The molecule has 2 fully saturated rings. The zero-order chi connectivity index (χ0) is 25.0. The number of likely N-dealkylation sites (tertiary alicyclic amines) is 1. The lowest BCUT2D eigenvalue weighted by Gasteiger charge is -2.33. The summed E-state index contributed by atoms with van der Waals surface area (Å²) in [5.74, 6) is -0.496. The van der Waals surface area contributed by atoms with Crippen LogP contribution in [-0.4, -0.2) is 61.8 Å². The van der Waals surface area contributed by atoms with Gasteiger partial charge in [0.25, 0.3) is 0 Å². The smallest absolute Gasteiger partial charge is 0.343 e. The molecule has 1 aliphatic carbocycles. The minimum absolute atomic E-state index is 0.0405. The number of aryl methyl sites for hydroxylation is 1. The average molecular weight is 490 g/mol. The van der Waals surface area contributed by atoms with Crippen LogP contribution in [0, 0.1) is 12.8 Å². The number of carbonyl (C=O) groups excluding carboxylic acids is 1. The van der Waals surface area contributed by atoms with E-state index in [2.05, 4.69) is 14.1 Å². The Balaban J connectivity index is 0.000000248. The molecule has 4 rings (SSSR count). The Hall–Kier alpha value is -2.26. The summed E-state index contributed by atoms with van der Waals surface area (Å²) in [5, 5.41) is 11.4. The summed E-state index contributed by atoms with van der Waals surface area (Å²) in [6, 6.07) is 15.1. The molecule has 7 nitrogen and oxygen atoms in total. The van der Waals surface area contributed by atoms with Crippen LogP contribution in [0.3, 0.4) is 0 Å². The molecule has 0 amide bonds. The Morgan fingerprint density at radius 1 is 1.03 bits per heavy atom. The predicted molar refractivity (Wildman–Crippen MR) is 128 cm³/mol. The van der Waals surface area contributed by atoms with Crippen LogP contribution >= 0.6 is 0 Å². The standard InChI is InChI=1S/C19H28NO3.C7H8O3S/c1-20(2)13-12-17(14-20)23-18(21)19(22,16-10-6-7-11-16)15-8-4-3-5-9-15;1-6-2-4-7(5-3-6)11(8,9)10/h3-5,8-9,16-17,22H,6-7,10-14H2,1-2H3;2-5H,1H3,(H,8,9,10)/q+1;/p-1/t17-,19+;/m0./s1. The van der Waals surface area contributed by atoms with Gasteiger partial charge in [-0.15, -0.1) is 0 Å². The maximum atomic E-state index is 12.9. The fourth-order valence-electron chi connectivity index (χ4n) is 4.83. The lowest BCUT2D eigenvalue weighted by molar-refractivity contribution is -0.879. The van der Waals surface area contributed by atoms with Gasteiger partial charge < -0.3 is 18.9 Å². The summed E-state index contributed by atoms with van der Waals surface area (Å²) >= 11 is 0. The van der Waals surface area contributed by atoms with E-state index in [1.54, 1.807) is 12.1 Å². The second kappa shape index (κ2) is 10.6. The number of benzene rings is 2. The fourth-order valence-corrected chi connectivity index (χ4v) is 5.30. The lowest BCUT2D eigenvalue weighted by atomic mass is 9.80. The van der Waals surface area contributed by atoms with Crippen molar-refractivity contribution in [2.24, 2.45) is 5.92 Å². The number of esters is 1. The van der Waals surface area contributed by atoms with Gasteiger partial charge in [0.05, 0.1) is 25.5 Å². The van der Waals surface area contributed by atoms with Crippen LogP contribution in [-0.2, 0) is 25.3 Å². The Kier molecular flexibility index (Phi) is 8.18. The van der Waals surface area contributed by atoms with Crippen molar-refractivity contribution in [1.29, 1.82) is 0 Å². The molecule has 1 heterocycles. The van der Waals surface area contributed by atoms with Gasteiger partial charge in [0.2, 0.25) is 0 Å². The van der Waals surface area contributed by atoms with Crippen molar-refractivity contribution >= 4 is 16.1 Å². The summed E-state index contributed by atoms with van der Waals surface area (Å²) in [7, 11) is 0.0245. The van der Waals surface area contributed by atoms with E-state index in [1.807, 2.05) is 37.3 Å². The van der Waals surface area contributed by atoms with Crippen LogP contribution in [0.2, 0.25) is 0 Å². The average Bonchev–Trinajstić information content (AvgIpc) is 3.44. The SMILES string of the molecule is C[N+]1(C)CC[C@H](OC(=O)[C@@](O)(c2ccccc2)C2CCCC2)C1.Cc1ccc(S(=O)(=O)[O-])cc1. The maximum absolute atomic E-state index is 12.9. The number of likely N-dealkylation sites (N-methyl/N-ethyl adjacent to an activating group) is 1. The summed E-state index contributed by atoms with van der Waals surface area (Å²) in [6.07, 6.45) is 4.68. The number of nitrogens with zero attached hydrogens (tertiary/aromatic N) is 1. The molecule has 0 unspecified atom stereocenters. The van der Waals surface area contributed by atoms with E-state index < -0.39 is 21.7 Å². The molecule has 8 heteroatoms. The van der Waals surface area contributed by atoms with E-state index in [9.17, 15) is 22.9 Å². The van der Waals surface area contributed by atoms with Gasteiger partial charge in [0.15, 0.2) is 11.7 Å². The van der Waals surface area contributed by atoms with Crippen LogP contribution in [0.4, 0.5) is 0 Å². The topological polar surface area (TPSA) is 104 Å². The number of aliphatic hydroxyl groups is 1. The summed E-state index contributed by atoms with van der Waals surface area (Å²) < 4.78 is 37.8. The van der Waals surface area contributed by atoms with Crippen molar-refractivity contribution in [3.8, 4) is 0 Å². The van der Waals surface area contributed by atoms with Crippen molar-refractivity contribution in [2.75, 3.05) is 27.2 Å². The van der Waals surface area contributed by atoms with Gasteiger partial charge in [-0.05, 0) is 37.5 Å². The highest BCUT2D eigenvalue weighted by Crippen LogP contribution is 2.42. The van der Waals surface area contributed by atoms with Gasteiger partial charge in [0.1, 0.15) is 16.7 Å². The second-order valence-corrected chi connectivity index (χ2v) is 11.4. The van der Waals surface area contributed by atoms with E-state index in [4.69, 9.17) is 4.74 Å². The first-order valence-electron chi connectivity index (χ1n) is 11.8. The molecular formula is C26H35NO6S. The van der Waals surface area contributed by atoms with E-state index >= 15 is 0 Å². The number of rotatable bonds is 5. The quantitative estimate of drug-likeness (QED) is 0.392. The Bertz CT molecular complexity index is 1060. The first-order valence-corrected chi connectivity index (χ1v) is 13.2. The van der Waals surface area contributed by atoms with Crippen molar-refractivity contribution in [1.82, 2.24) is 0 Å². The molecule has 1 N–H and O–H groups in total. The molecule has 0 radical (unpaired) electrons. The first kappa shape index (κ1) is 26.3. The minimum Gasteiger partial charge on any atom is -0.744 e. The normalized spacial score (nSPS) is 21.9. The number of quaternary nitrogens is 1. The molecular weight excluding hydrogens is 454 g/mol. The molecule has 0 aromatic heterocycles. The van der Waals surface area contributed by atoms with Gasteiger partial charge in [-0.1, -0.05) is 60.9 Å². The number of ether oxygens (including phenoxy) is 1. The molecule has 1 aliphatic heterocycles. The molecule has 2 atom stereocenters. The van der Waals surface area contributed by atoms with Crippen LogP contribution in [0.25, 0.3) is 0 Å². The second-order valence-electron chi connectivity index (χ2n) is 10.0. The molecule has 186 valence electrons. The summed E-state index contributed by atoms with van der Waals surface area (Å²) in [4.78, 5) is 12.8. The molecule has 2 aromatic rings. The highest BCUT2D eigenvalue weighted by molar-refractivity contribution is 7.85. The summed E-state index contributed by atoms with van der Waals surface area (Å²) in [6.45, 7) is 3.65. The van der Waals surface area contributed by atoms with Gasteiger partial charge >= 0.3 is 5.97 Å². The Morgan fingerprint density at radius 3 is 2.12 bits per heavy atom. The van der Waals surface area contributed by atoms with Gasteiger partial charge in [-0.2, -0.15) is 0 Å². The summed E-state index contributed by atoms with van der Waals surface area (Å²) in [5.41, 5.74) is 0.0957. The Labute approximate surface area is 202 Å². The van der Waals surface area contributed by atoms with Crippen LogP contribution in [0.15, 0.2) is 59.5 Å². The van der Waals surface area contributed by atoms with Gasteiger partial charge in [0, 0.05) is 12.3 Å². The minimum atomic E-state index is -4.27. The number of carbonyl (C=O) groups is 1. The molecule has 2 aliphatic rings. The lowest BCUT2D eigenvalue weighted by Crippen LogP contribution is -2.46. The van der Waals surface area contributed by atoms with Gasteiger partial charge in [-0.25, -0.2) is 13.2 Å². The van der Waals surface area contributed by atoms with Crippen LogP contribution in [0.1, 0.15) is 43.2 Å². The van der Waals surface area contributed by atoms with Gasteiger partial charge in [-0.3, -0.25) is 0 Å². The molecule has 0 bridgehead atoms. The third-order valence-electron chi connectivity index (χ3n) is 6.81. The zero-order valence-electron chi connectivity index (χ0n) is 20.1. The number of hydrogen-bond donors (Lipinski definition) is 1. The number of hydrogen-bond acceptors (Lipinski definition) is 6. The van der Waals surface area contributed by atoms with Crippen molar-refractivity contribution in [3.63, 3.8) is 0 Å². The van der Waals surface area contributed by atoms with Crippen molar-refractivity contribution < 1.29 is 32.1 Å². The molecule has 34 heavy (non-hydrogen) atoms. The molecule has 0 spiro atoms. The maximum Gasteiger partial charge on any atom is 0.343 e. The largest absolute Gasteiger partial charge is 0.744 e. The highest BCUT2D eigenvalue weighted by atomic mass is 32.2. The van der Waals surface area contributed by atoms with Crippen molar-refractivity contribution in [3.05, 3.63) is 65.7 Å². The third-order valence-corrected chi connectivity index (χ3v) is 7.66. The van der Waals surface area contributed by atoms with Crippen molar-refractivity contribution in [2.45, 2.75) is 55.6 Å². The monoisotopic (exact) mass is 489 g/mol. The Morgan fingerprint density at radius 2 is 1.62 bits per heavy atom. The predicted octanol–water partition coefficient (Wildman–Crippen LogP) is 3.36. The first-order chi connectivity index (χ1) is 15.9.